The van der Waals surface area contributed by atoms with Gasteiger partial charge in [0, 0.05) is 37.9 Å². The molecule has 1 saturated heterocycles. The number of pyridine rings is 1. The molecule has 1 fully saturated rings. The van der Waals surface area contributed by atoms with Crippen molar-refractivity contribution in [2.45, 2.75) is 64.5 Å². The van der Waals surface area contributed by atoms with Crippen LogP contribution in [0.15, 0.2) is 53.6 Å². The number of nitrogens with zero attached hydrogens (tertiary/aromatic N) is 4. The van der Waals surface area contributed by atoms with E-state index in [2.05, 4.69) is 15.4 Å². The van der Waals surface area contributed by atoms with E-state index in [-0.39, 0.29) is 24.3 Å². The number of hydrogen-bond donors (Lipinski definition) is 2. The molecule has 9 nitrogen and oxygen atoms in total. The van der Waals surface area contributed by atoms with E-state index in [9.17, 15) is 14.4 Å². The van der Waals surface area contributed by atoms with Crippen molar-refractivity contribution in [2.24, 2.45) is 16.3 Å². The lowest BCUT2D eigenvalue weighted by Gasteiger charge is -2.41. The number of benzene rings is 1. The van der Waals surface area contributed by atoms with E-state index in [1.54, 1.807) is 25.8 Å². The van der Waals surface area contributed by atoms with E-state index in [1.165, 1.54) is 5.01 Å². The minimum Gasteiger partial charge on any atom is -0.343 e. The first kappa shape index (κ1) is 27.4. The van der Waals surface area contributed by atoms with Crippen LogP contribution in [0.1, 0.15) is 50.1 Å². The average Bonchev–Trinajstić information content (AvgIpc) is 3.12. The highest BCUT2D eigenvalue weighted by Crippen LogP contribution is 2.38. The smallest absolute Gasteiger partial charge is 0.256 e. The molecule has 0 unspecified atom stereocenters. The molecule has 9 heteroatoms. The van der Waals surface area contributed by atoms with Gasteiger partial charge in [-0.05, 0) is 64.2 Å². The van der Waals surface area contributed by atoms with Gasteiger partial charge in [-0.1, -0.05) is 36.4 Å². The Morgan fingerprint density at radius 1 is 1.16 bits per heavy atom. The van der Waals surface area contributed by atoms with Crippen LogP contribution >= 0.6 is 0 Å². The molecule has 4 rings (SSSR count). The fourth-order valence-electron chi connectivity index (χ4n) is 5.26. The molecule has 3 N–H and O–H groups in total. The lowest BCUT2D eigenvalue weighted by molar-refractivity contribution is -0.142. The van der Waals surface area contributed by atoms with Crippen molar-refractivity contribution in [3.8, 4) is 0 Å². The average molecular weight is 519 g/mol. The van der Waals surface area contributed by atoms with Gasteiger partial charge in [-0.25, -0.2) is 5.01 Å². The van der Waals surface area contributed by atoms with Gasteiger partial charge in [0.1, 0.15) is 11.5 Å². The Labute approximate surface area is 224 Å². The fraction of sp³-hybridized carbons (Fsp3) is 0.483. The number of aromatic nitrogens is 1. The highest BCUT2D eigenvalue weighted by molar-refractivity contribution is 6.13. The molecule has 0 aliphatic carbocycles. The summed E-state index contributed by atoms with van der Waals surface area (Å²) >= 11 is 0. The summed E-state index contributed by atoms with van der Waals surface area (Å²) in [4.78, 5) is 46.5. The minimum absolute atomic E-state index is 0.108. The first-order valence-electron chi connectivity index (χ1n) is 13.2. The van der Waals surface area contributed by atoms with Crippen LogP contribution in [0.3, 0.4) is 0 Å². The van der Waals surface area contributed by atoms with Crippen molar-refractivity contribution >= 4 is 23.4 Å². The molecule has 0 bridgehead atoms. The molecular formula is C29H38N6O3. The first-order valence-corrected chi connectivity index (χ1v) is 13.2. The number of nitrogens with two attached hydrogens (primary N) is 1. The van der Waals surface area contributed by atoms with E-state index in [0.717, 1.165) is 22.7 Å². The Bertz CT molecular complexity index is 1220. The number of nitrogens with one attached hydrogen (secondary N) is 1. The second-order valence-corrected chi connectivity index (χ2v) is 11.0. The lowest BCUT2D eigenvalue weighted by Crippen LogP contribution is -2.60. The minimum atomic E-state index is -1.13. The van der Waals surface area contributed by atoms with Gasteiger partial charge in [-0.3, -0.25) is 19.4 Å². The zero-order chi connectivity index (χ0) is 27.5. The van der Waals surface area contributed by atoms with Crippen LogP contribution in [0.25, 0.3) is 0 Å². The lowest BCUT2D eigenvalue weighted by atomic mass is 9.73. The quantitative estimate of drug-likeness (QED) is 0.527. The van der Waals surface area contributed by atoms with E-state index in [1.807, 2.05) is 55.5 Å². The number of amides is 3. The fourth-order valence-corrected chi connectivity index (χ4v) is 5.26. The standard InChI is InChI=1S/C29H38N6O3/c1-20-10-8-13-22(31-20)14-9-15-23(32-26(37)28(2,3)30)25(36)35-17-16-24-29(19-35,27(38)34(4)33-24)18-21-11-6-5-7-12-21/h5-8,10-13,23H,9,14-19,30H2,1-4H3,(H,32,37)/t23-,29-/m1/s1. The number of aryl methyl sites for hydroxylation is 2. The molecule has 2 atom stereocenters. The van der Waals surface area contributed by atoms with E-state index >= 15 is 0 Å². The molecule has 0 spiro atoms. The third kappa shape index (κ3) is 5.93. The maximum Gasteiger partial charge on any atom is 0.256 e. The number of hydrogen-bond acceptors (Lipinski definition) is 6. The molecule has 0 radical (unpaired) electrons. The largest absolute Gasteiger partial charge is 0.343 e. The summed E-state index contributed by atoms with van der Waals surface area (Å²) < 4.78 is 0. The summed E-state index contributed by atoms with van der Waals surface area (Å²) in [6.45, 7) is 5.84. The number of hydrazone groups is 1. The Morgan fingerprint density at radius 3 is 2.58 bits per heavy atom. The van der Waals surface area contributed by atoms with Crippen molar-refractivity contribution in [1.82, 2.24) is 20.2 Å². The van der Waals surface area contributed by atoms with Crippen LogP contribution in [0.5, 0.6) is 0 Å². The van der Waals surface area contributed by atoms with Gasteiger partial charge < -0.3 is 16.0 Å². The van der Waals surface area contributed by atoms with E-state index < -0.39 is 17.0 Å². The topological polar surface area (TPSA) is 121 Å². The number of likely N-dealkylation sites (tertiary alicyclic amines) is 1. The second kappa shape index (κ2) is 11.0. The van der Waals surface area contributed by atoms with Gasteiger partial charge in [-0.2, -0.15) is 5.10 Å². The van der Waals surface area contributed by atoms with Crippen molar-refractivity contribution in [3.05, 3.63) is 65.5 Å². The summed E-state index contributed by atoms with van der Waals surface area (Å²) in [6.07, 6.45) is 2.75. The number of piperidine rings is 1. The van der Waals surface area contributed by atoms with Gasteiger partial charge >= 0.3 is 0 Å². The molecule has 3 amide bonds. The summed E-state index contributed by atoms with van der Waals surface area (Å²) in [7, 11) is 1.66. The zero-order valence-electron chi connectivity index (χ0n) is 22.7. The summed E-state index contributed by atoms with van der Waals surface area (Å²) in [5.74, 6) is -0.698. The third-order valence-electron chi connectivity index (χ3n) is 7.33. The monoisotopic (exact) mass is 518 g/mol. The van der Waals surface area contributed by atoms with Crippen LogP contribution < -0.4 is 11.1 Å². The molecule has 38 heavy (non-hydrogen) atoms. The third-order valence-corrected chi connectivity index (χ3v) is 7.33. The molecular weight excluding hydrogens is 480 g/mol. The first-order chi connectivity index (χ1) is 18.0. The summed E-state index contributed by atoms with van der Waals surface area (Å²) in [5, 5.41) is 8.83. The number of carbonyl (C=O) groups is 3. The zero-order valence-corrected chi connectivity index (χ0v) is 22.7. The van der Waals surface area contributed by atoms with Crippen LogP contribution in [0.4, 0.5) is 0 Å². The Hall–Kier alpha value is -3.59. The molecule has 1 aromatic heterocycles. The van der Waals surface area contributed by atoms with Crippen LogP contribution in [-0.4, -0.2) is 70.0 Å². The maximum atomic E-state index is 13.9. The van der Waals surface area contributed by atoms with Gasteiger partial charge in [-0.15, -0.1) is 0 Å². The Balaban J connectivity index is 1.54. The SMILES string of the molecule is Cc1cccc(CCC[C@@H](NC(=O)C(C)(C)N)C(=O)N2CCC3=NN(C)C(=O)[C@]3(Cc3ccccc3)C2)n1. The maximum absolute atomic E-state index is 13.9. The molecule has 1 aromatic carbocycles. The van der Waals surface area contributed by atoms with Crippen LogP contribution in [0.2, 0.25) is 0 Å². The van der Waals surface area contributed by atoms with Crippen molar-refractivity contribution in [2.75, 3.05) is 20.1 Å². The van der Waals surface area contributed by atoms with Gasteiger partial charge in [0.25, 0.3) is 5.91 Å². The highest BCUT2D eigenvalue weighted by atomic mass is 16.2. The Kier molecular flexibility index (Phi) is 7.97. The van der Waals surface area contributed by atoms with Gasteiger partial charge in [0.05, 0.1) is 11.3 Å². The van der Waals surface area contributed by atoms with Crippen molar-refractivity contribution in [3.63, 3.8) is 0 Å². The van der Waals surface area contributed by atoms with Crippen molar-refractivity contribution in [1.29, 1.82) is 0 Å². The number of carbonyl (C=O) groups excluding carboxylic acids is 3. The predicted molar refractivity (Wildman–Crippen MR) is 146 cm³/mol. The van der Waals surface area contributed by atoms with Gasteiger partial charge in [0.15, 0.2) is 0 Å². The highest BCUT2D eigenvalue weighted by Gasteiger charge is 2.53. The molecule has 2 aliphatic heterocycles. The predicted octanol–water partition coefficient (Wildman–Crippen LogP) is 2.22. The summed E-state index contributed by atoms with van der Waals surface area (Å²) in [6, 6.07) is 14.9. The molecule has 2 aliphatic rings. The number of rotatable bonds is 9. The molecule has 0 saturated carbocycles. The Morgan fingerprint density at radius 2 is 1.89 bits per heavy atom. The van der Waals surface area contributed by atoms with Crippen LogP contribution in [-0.2, 0) is 27.2 Å². The molecule has 3 heterocycles. The molecule has 2 aromatic rings. The van der Waals surface area contributed by atoms with Crippen LogP contribution in [0, 0.1) is 12.3 Å². The van der Waals surface area contributed by atoms with E-state index in [0.29, 0.717) is 38.6 Å². The van der Waals surface area contributed by atoms with Crippen molar-refractivity contribution < 1.29 is 14.4 Å². The van der Waals surface area contributed by atoms with Gasteiger partial charge in [0.2, 0.25) is 11.8 Å². The summed E-state index contributed by atoms with van der Waals surface area (Å²) in [5.41, 5.74) is 7.72. The normalized spacial score (nSPS) is 20.1. The van der Waals surface area contributed by atoms with E-state index in [4.69, 9.17) is 5.73 Å². The second-order valence-electron chi connectivity index (χ2n) is 11.0. The molecule has 202 valence electrons. The number of fused-ring (bicyclic) bond motifs is 1.